The lowest BCUT2D eigenvalue weighted by Crippen LogP contribution is -2.12. The molecule has 0 spiro atoms. The highest BCUT2D eigenvalue weighted by Gasteiger charge is 2.15. The van der Waals surface area contributed by atoms with Crippen molar-refractivity contribution in [3.8, 4) is 5.75 Å². The van der Waals surface area contributed by atoms with E-state index < -0.39 is 16.1 Å². The van der Waals surface area contributed by atoms with Gasteiger partial charge in [-0.05, 0) is 30.7 Å². The van der Waals surface area contributed by atoms with E-state index in [2.05, 4.69) is 4.74 Å². The van der Waals surface area contributed by atoms with Crippen molar-refractivity contribution >= 4 is 16.1 Å². The third kappa shape index (κ3) is 4.33. The van der Waals surface area contributed by atoms with Gasteiger partial charge in [0.2, 0.25) is 0 Å². The van der Waals surface area contributed by atoms with E-state index in [4.69, 9.17) is 4.18 Å². The highest BCUT2D eigenvalue weighted by atomic mass is 32.2. The molecule has 2 rings (SSSR count). The SMILES string of the molecule is COC(=O)c1cccc(OS(=O)(=O)Cc2cccc(C)c2)c1. The zero-order chi connectivity index (χ0) is 16.2. The summed E-state index contributed by atoms with van der Waals surface area (Å²) in [5.74, 6) is -0.714. The van der Waals surface area contributed by atoms with Crippen molar-refractivity contribution < 1.29 is 22.1 Å². The highest BCUT2D eigenvalue weighted by molar-refractivity contribution is 7.86. The Morgan fingerprint density at radius 1 is 1.09 bits per heavy atom. The monoisotopic (exact) mass is 320 g/mol. The summed E-state index contributed by atoms with van der Waals surface area (Å²) in [6.45, 7) is 1.89. The first-order valence-corrected chi connectivity index (χ1v) is 8.13. The van der Waals surface area contributed by atoms with Crippen LogP contribution in [0.4, 0.5) is 0 Å². The summed E-state index contributed by atoms with van der Waals surface area (Å²) >= 11 is 0. The van der Waals surface area contributed by atoms with Crippen molar-refractivity contribution in [3.05, 3.63) is 65.2 Å². The minimum Gasteiger partial charge on any atom is -0.465 e. The molecule has 0 saturated heterocycles. The fourth-order valence-corrected chi connectivity index (χ4v) is 3.02. The van der Waals surface area contributed by atoms with E-state index in [1.807, 2.05) is 13.0 Å². The summed E-state index contributed by atoms with van der Waals surface area (Å²) < 4.78 is 33.8. The Bertz CT molecular complexity index is 781. The molecule has 0 atom stereocenters. The van der Waals surface area contributed by atoms with Gasteiger partial charge in [-0.15, -0.1) is 0 Å². The molecule has 22 heavy (non-hydrogen) atoms. The first-order chi connectivity index (χ1) is 10.4. The van der Waals surface area contributed by atoms with Crippen LogP contribution in [0.25, 0.3) is 0 Å². The van der Waals surface area contributed by atoms with Crippen LogP contribution in [0.1, 0.15) is 21.5 Å². The summed E-state index contributed by atoms with van der Waals surface area (Å²) in [6, 6.07) is 13.0. The second kappa shape index (κ2) is 6.62. The van der Waals surface area contributed by atoms with Gasteiger partial charge in [-0.3, -0.25) is 0 Å². The molecule has 0 aromatic heterocycles. The Morgan fingerprint density at radius 3 is 2.50 bits per heavy atom. The Hall–Kier alpha value is -2.34. The van der Waals surface area contributed by atoms with Gasteiger partial charge in [-0.2, -0.15) is 8.42 Å². The quantitative estimate of drug-likeness (QED) is 0.626. The van der Waals surface area contributed by atoms with E-state index in [0.29, 0.717) is 5.56 Å². The normalized spacial score (nSPS) is 11.0. The van der Waals surface area contributed by atoms with Crippen molar-refractivity contribution in [3.63, 3.8) is 0 Å². The molecule has 2 aromatic rings. The Balaban J connectivity index is 2.17. The molecule has 116 valence electrons. The fraction of sp³-hybridized carbons (Fsp3) is 0.188. The molecule has 0 aliphatic carbocycles. The maximum absolute atomic E-state index is 12.1. The van der Waals surface area contributed by atoms with Crippen LogP contribution in [-0.4, -0.2) is 21.5 Å². The molecule has 0 amide bonds. The number of aryl methyl sites for hydroxylation is 1. The van der Waals surface area contributed by atoms with Gasteiger partial charge in [0.1, 0.15) is 11.5 Å². The molecule has 0 unspecified atom stereocenters. The summed E-state index contributed by atoms with van der Waals surface area (Å²) in [5.41, 5.74) is 1.84. The van der Waals surface area contributed by atoms with Gasteiger partial charge < -0.3 is 8.92 Å². The number of hydrogen-bond donors (Lipinski definition) is 0. The van der Waals surface area contributed by atoms with Crippen LogP contribution in [0.5, 0.6) is 5.75 Å². The molecule has 5 nitrogen and oxygen atoms in total. The number of carbonyl (C=O) groups excluding carboxylic acids is 1. The first-order valence-electron chi connectivity index (χ1n) is 6.56. The largest absolute Gasteiger partial charge is 0.465 e. The average Bonchev–Trinajstić information content (AvgIpc) is 2.45. The van der Waals surface area contributed by atoms with Crippen molar-refractivity contribution in [1.29, 1.82) is 0 Å². The maximum atomic E-state index is 12.1. The summed E-state index contributed by atoms with van der Waals surface area (Å²) in [6.07, 6.45) is 0. The van der Waals surface area contributed by atoms with Crippen LogP contribution in [0.15, 0.2) is 48.5 Å². The highest BCUT2D eigenvalue weighted by Crippen LogP contribution is 2.18. The second-order valence-corrected chi connectivity index (χ2v) is 6.36. The van der Waals surface area contributed by atoms with Gasteiger partial charge in [0.05, 0.1) is 12.7 Å². The lowest BCUT2D eigenvalue weighted by Gasteiger charge is -2.08. The van der Waals surface area contributed by atoms with Crippen molar-refractivity contribution in [2.75, 3.05) is 7.11 Å². The van der Waals surface area contributed by atoms with E-state index in [0.717, 1.165) is 5.56 Å². The molecular formula is C16H16O5S. The van der Waals surface area contributed by atoms with Crippen LogP contribution in [0, 0.1) is 6.92 Å². The van der Waals surface area contributed by atoms with Crippen LogP contribution >= 0.6 is 0 Å². The Kier molecular flexibility index (Phi) is 4.82. The topological polar surface area (TPSA) is 69.7 Å². The molecule has 0 fully saturated rings. The Labute approximate surface area is 129 Å². The minimum absolute atomic E-state index is 0.0792. The number of hydrogen-bond acceptors (Lipinski definition) is 5. The number of carbonyl (C=O) groups is 1. The van der Waals surface area contributed by atoms with Crippen LogP contribution < -0.4 is 4.18 Å². The Morgan fingerprint density at radius 2 is 1.82 bits per heavy atom. The van der Waals surface area contributed by atoms with Crippen molar-refractivity contribution in [1.82, 2.24) is 0 Å². The summed E-state index contributed by atoms with van der Waals surface area (Å²) in [7, 11) is -2.55. The van der Waals surface area contributed by atoms with E-state index in [1.165, 1.54) is 31.4 Å². The summed E-state index contributed by atoms with van der Waals surface area (Å²) in [5, 5.41) is 0. The van der Waals surface area contributed by atoms with Crippen molar-refractivity contribution in [2.45, 2.75) is 12.7 Å². The van der Waals surface area contributed by atoms with Crippen LogP contribution in [-0.2, 0) is 20.6 Å². The van der Waals surface area contributed by atoms with Gasteiger partial charge in [-0.1, -0.05) is 35.9 Å². The van der Waals surface area contributed by atoms with Crippen LogP contribution in [0.3, 0.4) is 0 Å². The number of rotatable bonds is 5. The average molecular weight is 320 g/mol. The predicted octanol–water partition coefficient (Wildman–Crippen LogP) is 2.69. The second-order valence-electron chi connectivity index (χ2n) is 4.79. The third-order valence-electron chi connectivity index (χ3n) is 2.90. The van der Waals surface area contributed by atoms with E-state index >= 15 is 0 Å². The minimum atomic E-state index is -3.81. The number of benzene rings is 2. The first kappa shape index (κ1) is 16.0. The molecule has 0 aliphatic heterocycles. The molecule has 0 bridgehead atoms. The van der Waals surface area contributed by atoms with E-state index in [1.54, 1.807) is 18.2 Å². The van der Waals surface area contributed by atoms with Crippen LogP contribution in [0.2, 0.25) is 0 Å². The van der Waals surface area contributed by atoms with Crippen molar-refractivity contribution in [2.24, 2.45) is 0 Å². The molecule has 0 radical (unpaired) electrons. The molecule has 2 aromatic carbocycles. The molecule has 0 saturated carbocycles. The van der Waals surface area contributed by atoms with Gasteiger partial charge in [0.15, 0.2) is 0 Å². The van der Waals surface area contributed by atoms with Gasteiger partial charge in [-0.25, -0.2) is 4.79 Å². The van der Waals surface area contributed by atoms with Gasteiger partial charge >= 0.3 is 16.1 Å². The fourth-order valence-electron chi connectivity index (χ4n) is 1.97. The number of ether oxygens (including phenoxy) is 1. The molecule has 6 heteroatoms. The smallest absolute Gasteiger partial charge is 0.337 e. The molecule has 0 N–H and O–H groups in total. The van der Waals surface area contributed by atoms with Gasteiger partial charge in [0.25, 0.3) is 0 Å². The number of methoxy groups -OCH3 is 1. The zero-order valence-corrected chi connectivity index (χ0v) is 13.1. The summed E-state index contributed by atoms with van der Waals surface area (Å²) in [4.78, 5) is 11.4. The predicted molar refractivity (Wildman–Crippen MR) is 82.2 cm³/mol. The third-order valence-corrected chi connectivity index (χ3v) is 4.04. The molecule has 0 heterocycles. The maximum Gasteiger partial charge on any atom is 0.337 e. The van der Waals surface area contributed by atoms with E-state index in [-0.39, 0.29) is 17.1 Å². The number of esters is 1. The molecule has 0 aliphatic rings. The van der Waals surface area contributed by atoms with E-state index in [9.17, 15) is 13.2 Å². The van der Waals surface area contributed by atoms with Gasteiger partial charge in [0, 0.05) is 0 Å². The lowest BCUT2D eigenvalue weighted by atomic mass is 10.2. The standard InChI is InChI=1S/C16H16O5S/c1-12-5-3-6-13(9-12)11-22(18,19)21-15-8-4-7-14(10-15)16(17)20-2/h3-10H,11H2,1-2H3. The zero-order valence-electron chi connectivity index (χ0n) is 12.3. The lowest BCUT2D eigenvalue weighted by molar-refractivity contribution is 0.0600. The molecular weight excluding hydrogens is 304 g/mol.